The molecule has 0 aliphatic heterocycles. The first-order chi connectivity index (χ1) is 41.0. The van der Waals surface area contributed by atoms with Crippen LogP contribution in [0.4, 0.5) is 34.1 Å². The number of furan rings is 2. The Morgan fingerprint density at radius 3 is 1.60 bits per heavy atom. The fraction of sp³-hybridized carbons (Fsp3) is 0.117. The molecule has 83 heavy (non-hydrogen) atoms. The van der Waals surface area contributed by atoms with Crippen molar-refractivity contribution >= 4 is 163 Å². The van der Waals surface area contributed by atoms with Crippen molar-refractivity contribution < 1.29 is 8.83 Å². The third kappa shape index (κ3) is 6.24. The van der Waals surface area contributed by atoms with Crippen molar-refractivity contribution in [1.82, 2.24) is 0 Å². The zero-order chi connectivity index (χ0) is 53.8. The smallest absolute Gasteiger partial charge is 0.137 e. The number of fused-ring (bicyclic) bond motifs is 21. The molecule has 4 heterocycles. The Morgan fingerprint density at radius 1 is 0.373 bits per heavy atom. The second kappa shape index (κ2) is 16.5. The van der Waals surface area contributed by atoms with Crippen LogP contribution in [0.15, 0.2) is 239 Å². The van der Waals surface area contributed by atoms with Crippen LogP contribution in [0.25, 0.3) is 117 Å². The predicted octanol–water partition coefficient (Wildman–Crippen LogP) is 23.1. The van der Waals surface area contributed by atoms with Gasteiger partial charge in [-0.1, -0.05) is 109 Å². The molecule has 6 heteroatoms. The van der Waals surface area contributed by atoms with Crippen LogP contribution >= 0.6 is 22.7 Å². The van der Waals surface area contributed by atoms with E-state index in [0.717, 1.165) is 84.1 Å². The van der Waals surface area contributed by atoms with E-state index >= 15 is 0 Å². The summed E-state index contributed by atoms with van der Waals surface area (Å²) in [6.07, 6.45) is 5.23. The summed E-state index contributed by atoms with van der Waals surface area (Å²) < 4.78 is 18.8. The molecule has 1 spiro atoms. The van der Waals surface area contributed by atoms with E-state index in [1.165, 1.54) is 104 Å². The van der Waals surface area contributed by atoms with Gasteiger partial charge in [0.05, 0.1) is 10.4 Å². The number of rotatable bonds is 6. The van der Waals surface area contributed by atoms with Crippen LogP contribution in [0.3, 0.4) is 0 Å². The summed E-state index contributed by atoms with van der Waals surface area (Å²) in [4.78, 5) is 4.94. The van der Waals surface area contributed by atoms with Crippen molar-refractivity contribution in [2.45, 2.75) is 37.5 Å². The molecule has 4 aliphatic rings. The summed E-state index contributed by atoms with van der Waals surface area (Å²) in [5.41, 5.74) is 16.8. The zero-order valence-electron chi connectivity index (χ0n) is 45.1. The summed E-state index contributed by atoms with van der Waals surface area (Å²) >= 11 is 3.92. The van der Waals surface area contributed by atoms with Crippen LogP contribution in [-0.4, -0.2) is 0 Å². The van der Waals surface area contributed by atoms with Gasteiger partial charge in [0.1, 0.15) is 22.3 Å². The van der Waals surface area contributed by atoms with Crippen LogP contribution in [-0.2, 0) is 0 Å². The van der Waals surface area contributed by atoms with E-state index in [1.807, 2.05) is 22.7 Å². The lowest BCUT2D eigenvalue weighted by Gasteiger charge is -2.67. The van der Waals surface area contributed by atoms with E-state index in [-0.39, 0.29) is 0 Å². The average molecular weight is 1100 g/mol. The number of nitrogens with zero attached hydrogens (tertiary/aromatic N) is 2. The molecule has 4 aromatic heterocycles. The summed E-state index contributed by atoms with van der Waals surface area (Å²) in [5, 5.41) is 14.8. The van der Waals surface area contributed by atoms with Crippen molar-refractivity contribution in [2.24, 2.45) is 17.3 Å². The summed E-state index contributed by atoms with van der Waals surface area (Å²) in [7, 11) is 0. The number of thiophene rings is 2. The maximum absolute atomic E-state index is 6.83. The molecule has 0 radical (unpaired) electrons. The van der Waals surface area contributed by atoms with Crippen LogP contribution in [0, 0.1) is 17.3 Å². The van der Waals surface area contributed by atoms with Gasteiger partial charge in [-0.2, -0.15) is 0 Å². The van der Waals surface area contributed by atoms with E-state index in [9.17, 15) is 0 Å². The first-order valence-corrected chi connectivity index (χ1v) is 31.1. The monoisotopic (exact) mass is 1100 g/mol. The van der Waals surface area contributed by atoms with Crippen molar-refractivity contribution in [2.75, 3.05) is 9.80 Å². The maximum Gasteiger partial charge on any atom is 0.137 e. The summed E-state index contributed by atoms with van der Waals surface area (Å²) in [6, 6.07) is 86.1. The minimum absolute atomic E-state index is 0.354. The molecule has 3 fully saturated rings. The normalized spacial score (nSPS) is 19.7. The molecule has 5 unspecified atom stereocenters. The molecule has 5 atom stereocenters. The fourth-order valence-electron chi connectivity index (χ4n) is 16.8. The zero-order valence-corrected chi connectivity index (χ0v) is 46.7. The third-order valence-electron chi connectivity index (χ3n) is 20.5. The Kier molecular flexibility index (Phi) is 9.03. The molecule has 0 amide bonds. The van der Waals surface area contributed by atoms with Crippen molar-refractivity contribution in [3.05, 3.63) is 242 Å². The quantitative estimate of drug-likeness (QED) is 0.166. The molecule has 16 aromatic rings. The highest BCUT2D eigenvalue weighted by molar-refractivity contribution is 7.26. The second-order valence-corrected chi connectivity index (χ2v) is 26.5. The van der Waals surface area contributed by atoms with Gasteiger partial charge in [0.2, 0.25) is 0 Å². The highest BCUT2D eigenvalue weighted by Gasteiger charge is 2.70. The topological polar surface area (TPSA) is 32.8 Å². The number of hydrogen-bond donors (Lipinski definition) is 0. The van der Waals surface area contributed by atoms with Crippen LogP contribution in [0.5, 0.6) is 0 Å². The molecule has 12 aromatic carbocycles. The van der Waals surface area contributed by atoms with E-state index < -0.39 is 0 Å². The lowest BCUT2D eigenvalue weighted by molar-refractivity contribution is -0.144. The SMILES string of the molecule is c1ccc(N(c2ccc3c(c2)oc2cc4ccccc4cc23)c2ccc3c(c2)sc2cc4c(cc23)-c2c(cc(N(c3ccccc3)c3ccc5c(c3)oc3cc6ccccc6cc35)c3sc5ccccc5c23)C2CC3CC5CC4CC532)cc1. The van der Waals surface area contributed by atoms with Crippen molar-refractivity contribution in [3.8, 4) is 11.1 Å². The van der Waals surface area contributed by atoms with Crippen LogP contribution in [0.1, 0.15) is 48.6 Å². The first-order valence-electron chi connectivity index (χ1n) is 29.4. The molecular formula is C77H50N2O2S2. The minimum atomic E-state index is 0.354. The molecule has 0 saturated heterocycles. The highest BCUT2D eigenvalue weighted by Crippen LogP contribution is 2.81. The van der Waals surface area contributed by atoms with E-state index in [2.05, 4.69) is 240 Å². The molecule has 4 aliphatic carbocycles. The predicted molar refractivity (Wildman–Crippen MR) is 350 cm³/mol. The van der Waals surface area contributed by atoms with Crippen LogP contribution < -0.4 is 9.80 Å². The van der Waals surface area contributed by atoms with Gasteiger partial charge >= 0.3 is 0 Å². The van der Waals surface area contributed by atoms with Gasteiger partial charge in [0.15, 0.2) is 0 Å². The van der Waals surface area contributed by atoms with Gasteiger partial charge in [-0.3, -0.25) is 0 Å². The lowest BCUT2D eigenvalue weighted by atomic mass is 9.37. The standard InChI is InChI=1S/C77H50N2O2S2/c1-3-17-50(18-4-1)78(52-23-26-55-60-30-43-13-7-9-15-45(43)32-67(60)80-69(55)36-52)54-25-28-57-62-39-63-59(41-73(62)82-72(57)38-54)47-29-48-34-49-35-65(77(48,49)42-47)64-40-66(76-75(74(63)64)58-21-11-12-22-71(58)83-76)79(51-19-5-2-6-20-51)53-24-27-56-61-31-44-14-8-10-16-46(44)33-68(61)81-70(56)37-53/h1-28,30-33,36-41,47-49,65H,29,34-35,42H2. The molecule has 20 rings (SSSR count). The van der Waals surface area contributed by atoms with Gasteiger partial charge in [-0.15, -0.1) is 22.7 Å². The number of hydrogen-bond acceptors (Lipinski definition) is 6. The Balaban J connectivity index is 0.791. The Morgan fingerprint density at radius 2 is 0.928 bits per heavy atom. The average Bonchev–Trinajstić information content (AvgIpc) is 1.74. The molecule has 392 valence electrons. The summed E-state index contributed by atoms with van der Waals surface area (Å²) in [6.45, 7) is 0. The van der Waals surface area contributed by atoms with E-state index in [4.69, 9.17) is 8.83 Å². The molecule has 4 nitrogen and oxygen atoms in total. The van der Waals surface area contributed by atoms with Gasteiger partial charge in [-0.25, -0.2) is 0 Å². The van der Waals surface area contributed by atoms with Gasteiger partial charge in [0.25, 0.3) is 0 Å². The van der Waals surface area contributed by atoms with Gasteiger partial charge in [0, 0.05) is 97.8 Å². The number of benzene rings is 12. The fourth-order valence-corrected chi connectivity index (χ4v) is 19.2. The Hall–Kier alpha value is -9.20. The third-order valence-corrected chi connectivity index (χ3v) is 22.8. The molecule has 2 bridgehead atoms. The molecular weight excluding hydrogens is 1050 g/mol. The lowest BCUT2D eigenvalue weighted by Crippen LogP contribution is -2.59. The number of anilines is 6. The van der Waals surface area contributed by atoms with E-state index in [1.54, 1.807) is 11.1 Å². The number of para-hydroxylation sites is 2. The molecule has 0 N–H and O–H groups in total. The Labute approximate surface area is 485 Å². The van der Waals surface area contributed by atoms with Gasteiger partial charge in [-0.05, 0) is 208 Å². The van der Waals surface area contributed by atoms with E-state index in [0.29, 0.717) is 17.3 Å². The minimum Gasteiger partial charge on any atom is -0.456 e. The van der Waals surface area contributed by atoms with Crippen molar-refractivity contribution in [1.29, 1.82) is 0 Å². The van der Waals surface area contributed by atoms with Gasteiger partial charge < -0.3 is 18.6 Å². The van der Waals surface area contributed by atoms with Crippen molar-refractivity contribution in [3.63, 3.8) is 0 Å². The largest absolute Gasteiger partial charge is 0.456 e. The summed E-state index contributed by atoms with van der Waals surface area (Å²) in [5.74, 6) is 2.61. The highest BCUT2D eigenvalue weighted by atomic mass is 32.1. The van der Waals surface area contributed by atoms with Crippen LogP contribution in [0.2, 0.25) is 0 Å². The Bertz CT molecular complexity index is 5480. The molecule has 3 saturated carbocycles. The second-order valence-electron chi connectivity index (χ2n) is 24.3. The maximum atomic E-state index is 6.83. The first kappa shape index (κ1) is 45.4.